The van der Waals surface area contributed by atoms with Gasteiger partial charge in [-0.1, -0.05) is 12.8 Å². The number of rotatable bonds is 3. The fraction of sp³-hybridized carbons (Fsp3) is 0.353. The highest BCUT2D eigenvalue weighted by molar-refractivity contribution is 5.64. The van der Waals surface area contributed by atoms with E-state index < -0.39 is 0 Å². The smallest absolute Gasteiger partial charge is 0.148 e. The minimum absolute atomic E-state index is 0.535. The summed E-state index contributed by atoms with van der Waals surface area (Å²) >= 11 is 0. The minimum atomic E-state index is 0.535. The van der Waals surface area contributed by atoms with Crippen LogP contribution in [0.15, 0.2) is 30.5 Å². The molecule has 4 heteroatoms. The topological polar surface area (TPSA) is 61.6 Å². The first kappa shape index (κ1) is 13.6. The molecule has 1 aliphatic carbocycles. The molecule has 0 saturated heterocycles. The lowest BCUT2D eigenvalue weighted by Crippen LogP contribution is -2.04. The Balaban J connectivity index is 1.94. The Labute approximate surface area is 124 Å². The Morgan fingerprint density at radius 1 is 1.24 bits per heavy atom. The van der Waals surface area contributed by atoms with Crippen LogP contribution >= 0.6 is 0 Å². The molecule has 1 N–H and O–H groups in total. The van der Waals surface area contributed by atoms with Crippen LogP contribution in [0.3, 0.4) is 0 Å². The van der Waals surface area contributed by atoms with Crippen LogP contribution in [0.1, 0.15) is 48.6 Å². The largest absolute Gasteiger partial charge is 0.338 e. The van der Waals surface area contributed by atoms with E-state index in [1.807, 2.05) is 31.2 Å². The van der Waals surface area contributed by atoms with Gasteiger partial charge in [-0.3, -0.25) is 4.98 Å². The van der Waals surface area contributed by atoms with Crippen LogP contribution < -0.4 is 5.32 Å². The Kier molecular flexibility index (Phi) is 3.83. The summed E-state index contributed by atoms with van der Waals surface area (Å²) in [5.41, 5.74) is 3.45. The van der Waals surface area contributed by atoms with Gasteiger partial charge in [0.05, 0.1) is 16.9 Å². The third-order valence-electron chi connectivity index (χ3n) is 4.07. The molecule has 0 unspecified atom stereocenters. The van der Waals surface area contributed by atoms with Crippen LogP contribution in [0.4, 0.5) is 11.5 Å². The lowest BCUT2D eigenvalue weighted by Gasteiger charge is -2.13. The fourth-order valence-corrected chi connectivity index (χ4v) is 2.85. The number of nitriles is 1. The Bertz CT molecular complexity index is 681. The lowest BCUT2D eigenvalue weighted by molar-refractivity contribution is 0.698. The van der Waals surface area contributed by atoms with E-state index in [0.717, 1.165) is 17.1 Å². The molecule has 1 aliphatic rings. The predicted octanol–water partition coefficient (Wildman–Crippen LogP) is 4.06. The van der Waals surface area contributed by atoms with Gasteiger partial charge in [0.1, 0.15) is 11.9 Å². The van der Waals surface area contributed by atoms with Gasteiger partial charge in [-0.25, -0.2) is 4.98 Å². The second-order valence-corrected chi connectivity index (χ2v) is 5.49. The number of aromatic nitrogens is 2. The van der Waals surface area contributed by atoms with Crippen LogP contribution in [0, 0.1) is 18.3 Å². The molecule has 0 bridgehead atoms. The van der Waals surface area contributed by atoms with Crippen molar-refractivity contribution in [2.24, 2.45) is 0 Å². The van der Waals surface area contributed by atoms with Gasteiger partial charge in [0.2, 0.25) is 0 Å². The fourth-order valence-electron chi connectivity index (χ4n) is 2.85. The Morgan fingerprint density at radius 3 is 2.76 bits per heavy atom. The van der Waals surface area contributed by atoms with E-state index in [1.54, 1.807) is 6.20 Å². The molecule has 2 heterocycles. The van der Waals surface area contributed by atoms with E-state index in [1.165, 1.54) is 25.7 Å². The van der Waals surface area contributed by atoms with E-state index >= 15 is 0 Å². The molecule has 2 aromatic heterocycles. The molecule has 1 fully saturated rings. The first-order valence-corrected chi connectivity index (χ1v) is 7.37. The van der Waals surface area contributed by atoms with E-state index in [9.17, 15) is 5.26 Å². The van der Waals surface area contributed by atoms with Crippen LogP contribution in [-0.4, -0.2) is 9.97 Å². The normalized spacial score (nSPS) is 14.9. The molecule has 0 aromatic carbocycles. The number of pyridine rings is 2. The molecule has 0 aliphatic heterocycles. The van der Waals surface area contributed by atoms with Gasteiger partial charge in [-0.15, -0.1) is 0 Å². The number of hydrogen-bond donors (Lipinski definition) is 1. The van der Waals surface area contributed by atoms with Crippen molar-refractivity contribution in [1.29, 1.82) is 5.26 Å². The van der Waals surface area contributed by atoms with Crippen LogP contribution in [0.25, 0.3) is 0 Å². The van der Waals surface area contributed by atoms with E-state index in [0.29, 0.717) is 17.3 Å². The average molecular weight is 278 g/mol. The third-order valence-corrected chi connectivity index (χ3v) is 4.07. The maximum Gasteiger partial charge on any atom is 0.148 e. The second-order valence-electron chi connectivity index (χ2n) is 5.49. The van der Waals surface area contributed by atoms with Gasteiger partial charge in [0, 0.05) is 17.8 Å². The van der Waals surface area contributed by atoms with Crippen molar-refractivity contribution in [1.82, 2.24) is 9.97 Å². The van der Waals surface area contributed by atoms with Gasteiger partial charge in [0.15, 0.2) is 0 Å². The summed E-state index contributed by atoms with van der Waals surface area (Å²) in [4.78, 5) is 8.96. The molecular weight excluding hydrogens is 260 g/mol. The molecule has 4 nitrogen and oxygen atoms in total. The molecule has 0 spiro atoms. The predicted molar refractivity (Wildman–Crippen MR) is 82.4 cm³/mol. The Morgan fingerprint density at radius 2 is 2.05 bits per heavy atom. The number of nitrogens with one attached hydrogen (secondary N) is 1. The van der Waals surface area contributed by atoms with Gasteiger partial charge < -0.3 is 5.32 Å². The zero-order chi connectivity index (χ0) is 14.7. The average Bonchev–Trinajstić information content (AvgIpc) is 3.04. The minimum Gasteiger partial charge on any atom is -0.338 e. The molecule has 0 amide bonds. The number of nitrogens with zero attached hydrogens (tertiary/aromatic N) is 3. The van der Waals surface area contributed by atoms with Crippen molar-refractivity contribution in [3.05, 3.63) is 47.4 Å². The summed E-state index contributed by atoms with van der Waals surface area (Å²) in [5.74, 6) is 1.17. The molecule has 106 valence electrons. The monoisotopic (exact) mass is 278 g/mol. The maximum absolute atomic E-state index is 9.28. The van der Waals surface area contributed by atoms with Crippen molar-refractivity contribution in [2.75, 3.05) is 5.32 Å². The van der Waals surface area contributed by atoms with Gasteiger partial charge in [0.25, 0.3) is 0 Å². The maximum atomic E-state index is 9.28. The number of aryl methyl sites for hydroxylation is 1. The SMILES string of the molecule is Cc1ncccc1Nc1nc(C2CCCC2)ccc1C#N. The summed E-state index contributed by atoms with van der Waals surface area (Å²) in [6.45, 7) is 1.94. The molecule has 21 heavy (non-hydrogen) atoms. The van der Waals surface area contributed by atoms with Crippen molar-refractivity contribution in [2.45, 2.75) is 38.5 Å². The van der Waals surface area contributed by atoms with Gasteiger partial charge in [-0.05, 0) is 44.0 Å². The number of hydrogen-bond acceptors (Lipinski definition) is 4. The van der Waals surface area contributed by atoms with E-state index in [4.69, 9.17) is 4.98 Å². The summed E-state index contributed by atoms with van der Waals surface area (Å²) < 4.78 is 0. The lowest BCUT2D eigenvalue weighted by atomic mass is 10.0. The van der Waals surface area contributed by atoms with E-state index in [2.05, 4.69) is 16.4 Å². The third kappa shape index (κ3) is 2.87. The first-order valence-electron chi connectivity index (χ1n) is 7.37. The summed E-state index contributed by atoms with van der Waals surface area (Å²) in [6.07, 6.45) is 6.70. The van der Waals surface area contributed by atoms with Crippen molar-refractivity contribution in [3.63, 3.8) is 0 Å². The standard InChI is InChI=1S/C17H18N4/c1-12-15(7-4-10-19-12)20-17-14(11-18)8-9-16(21-17)13-5-2-3-6-13/h4,7-10,13H,2-3,5-6H2,1H3,(H,20,21). The molecule has 2 aromatic rings. The van der Waals surface area contributed by atoms with Gasteiger partial charge in [-0.2, -0.15) is 5.26 Å². The van der Waals surface area contributed by atoms with Crippen molar-refractivity contribution >= 4 is 11.5 Å². The molecule has 1 saturated carbocycles. The van der Waals surface area contributed by atoms with Crippen LogP contribution in [0.2, 0.25) is 0 Å². The molecule has 0 radical (unpaired) electrons. The van der Waals surface area contributed by atoms with Gasteiger partial charge >= 0.3 is 0 Å². The van der Waals surface area contributed by atoms with Crippen molar-refractivity contribution < 1.29 is 0 Å². The van der Waals surface area contributed by atoms with Crippen molar-refractivity contribution in [3.8, 4) is 6.07 Å². The summed E-state index contributed by atoms with van der Waals surface area (Å²) in [7, 11) is 0. The summed E-state index contributed by atoms with van der Waals surface area (Å²) in [6, 6.07) is 9.90. The zero-order valence-electron chi connectivity index (χ0n) is 12.1. The zero-order valence-corrected chi connectivity index (χ0v) is 12.1. The quantitative estimate of drug-likeness (QED) is 0.919. The Hall–Kier alpha value is -2.41. The highest BCUT2D eigenvalue weighted by atomic mass is 15.0. The summed E-state index contributed by atoms with van der Waals surface area (Å²) in [5, 5.41) is 12.5. The van der Waals surface area contributed by atoms with Crippen LogP contribution in [-0.2, 0) is 0 Å². The van der Waals surface area contributed by atoms with E-state index in [-0.39, 0.29) is 0 Å². The molecule has 0 atom stereocenters. The van der Waals surface area contributed by atoms with Crippen LogP contribution in [0.5, 0.6) is 0 Å². The molecular formula is C17H18N4. The highest BCUT2D eigenvalue weighted by Gasteiger charge is 2.19. The second kappa shape index (κ2) is 5.92. The number of anilines is 2. The highest BCUT2D eigenvalue weighted by Crippen LogP contribution is 2.34. The molecule has 3 rings (SSSR count). The first-order chi connectivity index (χ1) is 10.3.